The zero-order chi connectivity index (χ0) is 17.7. The van der Waals surface area contributed by atoms with E-state index in [1.165, 1.54) is 25.2 Å². The van der Waals surface area contributed by atoms with Crippen molar-refractivity contribution in [1.82, 2.24) is 4.90 Å². The fourth-order valence-electron chi connectivity index (χ4n) is 2.15. The van der Waals surface area contributed by atoms with Crippen LogP contribution < -0.4 is 0 Å². The van der Waals surface area contributed by atoms with E-state index >= 15 is 0 Å². The van der Waals surface area contributed by atoms with Gasteiger partial charge in [-0.1, -0.05) is 36.4 Å². The molecule has 2 aromatic rings. The lowest BCUT2D eigenvalue weighted by Gasteiger charge is -2.24. The molecule has 0 bridgehead atoms. The minimum Gasteiger partial charge on any atom is -0.507 e. The van der Waals surface area contributed by atoms with Gasteiger partial charge in [0.15, 0.2) is 6.04 Å². The Kier molecular flexibility index (Phi) is 5.81. The zero-order valence-corrected chi connectivity index (χ0v) is 14.4. The number of carboxylic acids is 1. The summed E-state index contributed by atoms with van der Waals surface area (Å²) in [5, 5.41) is 19.0. The van der Waals surface area contributed by atoms with Gasteiger partial charge in [-0.05, 0) is 39.2 Å². The van der Waals surface area contributed by atoms with Crippen molar-refractivity contribution < 1.29 is 24.5 Å². The van der Waals surface area contributed by atoms with Crippen molar-refractivity contribution in [3.63, 3.8) is 0 Å². The second kappa shape index (κ2) is 7.83. The molecule has 2 aromatic carbocycles. The summed E-state index contributed by atoms with van der Waals surface area (Å²) in [7, 11) is 1.35. The number of carbonyl (C=O) groups excluding carboxylic acids is 1. The van der Waals surface area contributed by atoms with Gasteiger partial charge in [0.2, 0.25) is 0 Å². The number of ether oxygens (including phenoxy) is 1. The van der Waals surface area contributed by atoms with Crippen LogP contribution in [0.3, 0.4) is 0 Å². The van der Waals surface area contributed by atoms with Gasteiger partial charge in [0, 0.05) is 7.05 Å². The van der Waals surface area contributed by atoms with E-state index < -0.39 is 18.1 Å². The Hall–Kier alpha value is -2.54. The predicted molar refractivity (Wildman–Crippen MR) is 90.6 cm³/mol. The number of carbonyl (C=O) groups is 2. The lowest BCUT2D eigenvalue weighted by Crippen LogP contribution is -2.36. The molecule has 0 heterocycles. The minimum absolute atomic E-state index is 0.0165. The van der Waals surface area contributed by atoms with E-state index in [4.69, 9.17) is 4.74 Å². The number of hydrogen-bond acceptors (Lipinski definition) is 4. The monoisotopic (exact) mass is 393 g/mol. The lowest BCUT2D eigenvalue weighted by molar-refractivity contribution is -0.142. The van der Waals surface area contributed by atoms with Crippen molar-refractivity contribution in [3.8, 4) is 5.75 Å². The molecule has 1 atom stereocenters. The summed E-state index contributed by atoms with van der Waals surface area (Å²) in [5.74, 6) is -1.22. The third-order valence-corrected chi connectivity index (χ3v) is 4.04. The highest BCUT2D eigenvalue weighted by molar-refractivity contribution is 9.10. The number of rotatable bonds is 5. The summed E-state index contributed by atoms with van der Waals surface area (Å²) >= 11 is 3.13. The van der Waals surface area contributed by atoms with E-state index in [0.717, 1.165) is 10.5 Å². The summed E-state index contributed by atoms with van der Waals surface area (Å²) in [6, 6.07) is 12.1. The SMILES string of the molecule is CN(C(=O)OCc1ccccc1)[C@H](C(=O)O)c1ccc(O)c(Br)c1. The highest BCUT2D eigenvalue weighted by atomic mass is 79.9. The van der Waals surface area contributed by atoms with Crippen LogP contribution in [0.2, 0.25) is 0 Å². The molecule has 0 saturated carbocycles. The van der Waals surface area contributed by atoms with Crippen molar-refractivity contribution in [2.75, 3.05) is 7.05 Å². The molecule has 0 aliphatic carbocycles. The number of aromatic hydroxyl groups is 1. The Balaban J connectivity index is 2.13. The number of phenolic OH excluding ortho intramolecular Hbond substituents is 1. The minimum atomic E-state index is -1.23. The number of halogens is 1. The van der Waals surface area contributed by atoms with Crippen molar-refractivity contribution in [2.24, 2.45) is 0 Å². The Morgan fingerprint density at radius 3 is 2.46 bits per heavy atom. The first-order valence-corrected chi connectivity index (χ1v) is 7.84. The quantitative estimate of drug-likeness (QED) is 0.810. The molecular weight excluding hydrogens is 378 g/mol. The molecule has 0 spiro atoms. The van der Waals surface area contributed by atoms with Crippen molar-refractivity contribution >= 4 is 28.0 Å². The molecule has 0 aliphatic heterocycles. The largest absolute Gasteiger partial charge is 0.507 e. The van der Waals surface area contributed by atoms with Crippen LogP contribution in [-0.4, -0.2) is 34.2 Å². The zero-order valence-electron chi connectivity index (χ0n) is 12.8. The lowest BCUT2D eigenvalue weighted by atomic mass is 10.1. The molecular formula is C17H16BrNO5. The third kappa shape index (κ3) is 4.26. The Morgan fingerprint density at radius 2 is 1.88 bits per heavy atom. The van der Waals surface area contributed by atoms with Gasteiger partial charge in [0.25, 0.3) is 0 Å². The highest BCUT2D eigenvalue weighted by Gasteiger charge is 2.29. The van der Waals surface area contributed by atoms with E-state index in [9.17, 15) is 19.8 Å². The topological polar surface area (TPSA) is 87.1 Å². The molecule has 0 unspecified atom stereocenters. The van der Waals surface area contributed by atoms with E-state index in [-0.39, 0.29) is 12.4 Å². The van der Waals surface area contributed by atoms with Gasteiger partial charge >= 0.3 is 12.1 Å². The Morgan fingerprint density at radius 1 is 1.21 bits per heavy atom. The van der Waals surface area contributed by atoms with Crippen LogP contribution in [0.25, 0.3) is 0 Å². The number of benzene rings is 2. The van der Waals surface area contributed by atoms with Crippen LogP contribution in [-0.2, 0) is 16.1 Å². The molecule has 0 aromatic heterocycles. The molecule has 7 heteroatoms. The fourth-order valence-corrected chi connectivity index (χ4v) is 2.55. The number of likely N-dealkylation sites (N-methyl/N-ethyl adjacent to an activating group) is 1. The van der Waals surface area contributed by atoms with Gasteiger partial charge in [0.1, 0.15) is 12.4 Å². The molecule has 2 rings (SSSR count). The van der Waals surface area contributed by atoms with E-state index in [2.05, 4.69) is 15.9 Å². The van der Waals surface area contributed by atoms with Gasteiger partial charge < -0.3 is 14.9 Å². The van der Waals surface area contributed by atoms with Crippen LogP contribution in [0.15, 0.2) is 53.0 Å². The van der Waals surface area contributed by atoms with E-state index in [1.807, 2.05) is 18.2 Å². The summed E-state index contributed by atoms with van der Waals surface area (Å²) in [5.41, 5.74) is 1.14. The molecule has 24 heavy (non-hydrogen) atoms. The molecule has 0 saturated heterocycles. The Labute approximate surface area is 147 Å². The first kappa shape index (κ1) is 17.8. The normalized spacial score (nSPS) is 11.6. The van der Waals surface area contributed by atoms with Crippen LogP contribution in [0.1, 0.15) is 17.2 Å². The maximum absolute atomic E-state index is 12.2. The Bertz CT molecular complexity index is 735. The molecule has 0 aliphatic rings. The van der Waals surface area contributed by atoms with Crippen molar-refractivity contribution in [2.45, 2.75) is 12.6 Å². The molecule has 2 N–H and O–H groups in total. The first-order valence-electron chi connectivity index (χ1n) is 7.05. The maximum atomic E-state index is 12.2. The van der Waals surface area contributed by atoms with Gasteiger partial charge in [-0.15, -0.1) is 0 Å². The van der Waals surface area contributed by atoms with Gasteiger partial charge in [-0.2, -0.15) is 0 Å². The number of carboxylic acid groups (broad SMARTS) is 1. The number of hydrogen-bond donors (Lipinski definition) is 2. The molecule has 1 amide bonds. The summed E-state index contributed by atoms with van der Waals surface area (Å²) < 4.78 is 5.50. The summed E-state index contributed by atoms with van der Waals surface area (Å²) in [6.07, 6.45) is -0.754. The first-order chi connectivity index (χ1) is 11.4. The third-order valence-electron chi connectivity index (χ3n) is 3.40. The molecule has 0 radical (unpaired) electrons. The standard InChI is InChI=1S/C17H16BrNO5/c1-19(17(23)24-10-11-5-3-2-4-6-11)15(16(21)22)12-7-8-14(20)13(18)9-12/h2-9,15,20H,10H2,1H3,(H,21,22)/t15-/m0/s1. The van der Waals surface area contributed by atoms with Gasteiger partial charge in [-0.25, -0.2) is 9.59 Å². The number of aliphatic carboxylic acids is 1. The van der Waals surface area contributed by atoms with Crippen LogP contribution >= 0.6 is 15.9 Å². The van der Waals surface area contributed by atoms with Crippen molar-refractivity contribution in [1.29, 1.82) is 0 Å². The number of nitrogens with zero attached hydrogens (tertiary/aromatic N) is 1. The number of phenols is 1. The van der Waals surface area contributed by atoms with E-state index in [1.54, 1.807) is 12.1 Å². The van der Waals surface area contributed by atoms with Gasteiger partial charge in [-0.3, -0.25) is 4.90 Å². The second-order valence-corrected chi connectivity index (χ2v) is 5.96. The number of amides is 1. The predicted octanol–water partition coefficient (Wildman–Crippen LogP) is 3.55. The summed E-state index contributed by atoms with van der Waals surface area (Å²) in [4.78, 5) is 24.8. The maximum Gasteiger partial charge on any atom is 0.410 e. The van der Waals surface area contributed by atoms with Crippen LogP contribution in [0.4, 0.5) is 4.79 Å². The summed E-state index contributed by atoms with van der Waals surface area (Å²) in [6.45, 7) is 0.0512. The molecule has 126 valence electrons. The van der Waals surface area contributed by atoms with Crippen LogP contribution in [0, 0.1) is 0 Å². The smallest absolute Gasteiger partial charge is 0.410 e. The van der Waals surface area contributed by atoms with Crippen LogP contribution in [0.5, 0.6) is 5.75 Å². The second-order valence-electron chi connectivity index (χ2n) is 5.10. The average molecular weight is 394 g/mol. The molecule has 0 fully saturated rings. The van der Waals surface area contributed by atoms with E-state index in [0.29, 0.717) is 10.0 Å². The average Bonchev–Trinajstić information content (AvgIpc) is 2.56. The fraction of sp³-hybridized carbons (Fsp3) is 0.176. The highest BCUT2D eigenvalue weighted by Crippen LogP contribution is 2.29. The van der Waals surface area contributed by atoms with Gasteiger partial charge in [0.05, 0.1) is 4.47 Å². The molecule has 6 nitrogen and oxygen atoms in total. The van der Waals surface area contributed by atoms with Crippen molar-refractivity contribution in [3.05, 3.63) is 64.1 Å².